The highest BCUT2D eigenvalue weighted by Crippen LogP contribution is 2.42. The van der Waals surface area contributed by atoms with E-state index in [0.29, 0.717) is 12.2 Å². The van der Waals surface area contributed by atoms with Crippen LogP contribution in [-0.2, 0) is 12.7 Å². The average Bonchev–Trinajstić information content (AvgIpc) is 3.40. The molecule has 1 aliphatic rings. The summed E-state index contributed by atoms with van der Waals surface area (Å²) in [6.45, 7) is 3.89. The SMILES string of the molecule is CCNC(=O)c1cc(C)cc2nc(Cn3nc(C(F)(F)F)cc3C3CC3)cc(=O)n12. The van der Waals surface area contributed by atoms with Crippen molar-refractivity contribution in [2.45, 2.75) is 45.3 Å². The minimum absolute atomic E-state index is 0.0433. The molecule has 7 nitrogen and oxygen atoms in total. The summed E-state index contributed by atoms with van der Waals surface area (Å²) in [6, 6.07) is 5.55. The van der Waals surface area contributed by atoms with Crippen molar-refractivity contribution < 1.29 is 18.0 Å². The summed E-state index contributed by atoms with van der Waals surface area (Å²) in [7, 11) is 0. The minimum atomic E-state index is -4.54. The van der Waals surface area contributed by atoms with Crippen molar-refractivity contribution in [1.29, 1.82) is 0 Å². The third-order valence-electron chi connectivity index (χ3n) is 4.94. The summed E-state index contributed by atoms with van der Waals surface area (Å²) in [5.74, 6) is -0.359. The second kappa shape index (κ2) is 7.26. The van der Waals surface area contributed by atoms with Crippen LogP contribution in [0.15, 0.2) is 29.1 Å². The largest absolute Gasteiger partial charge is 0.435 e. The fraction of sp³-hybridized carbons (Fsp3) is 0.400. The van der Waals surface area contributed by atoms with E-state index in [0.717, 1.165) is 24.5 Å². The number of nitrogens with zero attached hydrogens (tertiary/aromatic N) is 4. The highest BCUT2D eigenvalue weighted by Gasteiger charge is 2.37. The molecule has 158 valence electrons. The molecule has 0 radical (unpaired) electrons. The Morgan fingerprint density at radius 1 is 1.23 bits per heavy atom. The molecule has 30 heavy (non-hydrogen) atoms. The van der Waals surface area contributed by atoms with Crippen LogP contribution in [0.25, 0.3) is 5.65 Å². The summed E-state index contributed by atoms with van der Waals surface area (Å²) < 4.78 is 41.8. The predicted octanol–water partition coefficient (Wildman–Crippen LogP) is 2.89. The van der Waals surface area contributed by atoms with Gasteiger partial charge in [-0.15, -0.1) is 0 Å². The van der Waals surface area contributed by atoms with Gasteiger partial charge in [0.1, 0.15) is 11.3 Å². The fourth-order valence-electron chi connectivity index (χ4n) is 3.47. The number of amides is 1. The summed E-state index contributed by atoms with van der Waals surface area (Å²) in [5, 5.41) is 6.37. The predicted molar refractivity (Wildman–Crippen MR) is 103 cm³/mol. The summed E-state index contributed by atoms with van der Waals surface area (Å²) in [4.78, 5) is 29.5. The van der Waals surface area contributed by atoms with E-state index in [1.165, 1.54) is 15.1 Å². The number of rotatable bonds is 5. The summed E-state index contributed by atoms with van der Waals surface area (Å²) in [5.41, 5.74) is 0.506. The Morgan fingerprint density at radius 2 is 1.97 bits per heavy atom. The van der Waals surface area contributed by atoms with Crippen molar-refractivity contribution in [3.8, 4) is 0 Å². The van der Waals surface area contributed by atoms with Gasteiger partial charge in [0, 0.05) is 24.2 Å². The lowest BCUT2D eigenvalue weighted by molar-refractivity contribution is -0.141. The third kappa shape index (κ3) is 3.81. The Bertz CT molecular complexity index is 1190. The van der Waals surface area contributed by atoms with E-state index in [-0.39, 0.29) is 29.5 Å². The molecule has 1 amide bonds. The first-order valence-corrected chi connectivity index (χ1v) is 9.64. The second-order valence-electron chi connectivity index (χ2n) is 7.44. The van der Waals surface area contributed by atoms with Crippen LogP contribution in [0.1, 0.15) is 58.8 Å². The van der Waals surface area contributed by atoms with Crippen molar-refractivity contribution in [3.63, 3.8) is 0 Å². The smallest absolute Gasteiger partial charge is 0.351 e. The first kappa shape index (κ1) is 20.1. The molecule has 0 spiro atoms. The number of halogens is 3. The zero-order valence-electron chi connectivity index (χ0n) is 16.5. The maximum Gasteiger partial charge on any atom is 0.435 e. The van der Waals surface area contributed by atoms with Crippen LogP contribution in [0.2, 0.25) is 0 Å². The van der Waals surface area contributed by atoms with Crippen LogP contribution in [0.5, 0.6) is 0 Å². The second-order valence-corrected chi connectivity index (χ2v) is 7.44. The number of nitrogens with one attached hydrogen (secondary N) is 1. The molecule has 0 atom stereocenters. The first-order chi connectivity index (χ1) is 14.2. The Morgan fingerprint density at radius 3 is 2.60 bits per heavy atom. The van der Waals surface area contributed by atoms with E-state index in [4.69, 9.17) is 0 Å². The molecule has 1 N–H and O–H groups in total. The van der Waals surface area contributed by atoms with Gasteiger partial charge in [-0.3, -0.25) is 18.7 Å². The Labute approximate surface area is 169 Å². The zero-order valence-corrected chi connectivity index (χ0v) is 16.5. The number of hydrogen-bond acceptors (Lipinski definition) is 4. The first-order valence-electron chi connectivity index (χ1n) is 9.64. The average molecular weight is 419 g/mol. The number of pyridine rings is 1. The van der Waals surface area contributed by atoms with Gasteiger partial charge in [0.05, 0.1) is 12.2 Å². The number of carbonyl (C=O) groups is 1. The molecule has 0 aromatic carbocycles. The Kier molecular flexibility index (Phi) is 4.87. The molecule has 3 aromatic heterocycles. The quantitative estimate of drug-likeness (QED) is 0.690. The van der Waals surface area contributed by atoms with E-state index in [1.54, 1.807) is 26.0 Å². The maximum atomic E-state index is 13.1. The van der Waals surface area contributed by atoms with Gasteiger partial charge >= 0.3 is 6.18 Å². The molecular formula is C20H20F3N5O2. The van der Waals surface area contributed by atoms with Crippen molar-refractivity contribution in [3.05, 3.63) is 63.0 Å². The molecule has 1 saturated carbocycles. The lowest BCUT2D eigenvalue weighted by Crippen LogP contribution is -2.29. The Balaban J connectivity index is 1.77. The van der Waals surface area contributed by atoms with Crippen LogP contribution in [0.4, 0.5) is 13.2 Å². The molecule has 1 fully saturated rings. The van der Waals surface area contributed by atoms with Gasteiger partial charge in [0.15, 0.2) is 5.69 Å². The van der Waals surface area contributed by atoms with Crippen molar-refractivity contribution in [2.75, 3.05) is 6.54 Å². The highest BCUT2D eigenvalue weighted by molar-refractivity contribution is 5.93. The topological polar surface area (TPSA) is 81.3 Å². The molecule has 3 heterocycles. The molecular weight excluding hydrogens is 399 g/mol. The van der Waals surface area contributed by atoms with Crippen LogP contribution in [0, 0.1) is 6.92 Å². The van der Waals surface area contributed by atoms with Gasteiger partial charge in [0.25, 0.3) is 11.5 Å². The molecule has 1 aliphatic carbocycles. The highest BCUT2D eigenvalue weighted by atomic mass is 19.4. The van der Waals surface area contributed by atoms with Crippen molar-refractivity contribution in [1.82, 2.24) is 24.5 Å². The standard InChI is InChI=1S/C20H20F3N5O2/c1-3-24-19(30)15-6-11(2)7-17-25-13(8-18(29)28(15)17)10-27-14(12-4-5-12)9-16(26-27)20(21,22)23/h6-9,12H,3-5,10H2,1-2H3,(H,24,30). The van der Waals surface area contributed by atoms with Gasteiger partial charge in [-0.1, -0.05) is 0 Å². The van der Waals surface area contributed by atoms with Gasteiger partial charge < -0.3 is 5.32 Å². The lowest BCUT2D eigenvalue weighted by atomic mass is 10.2. The van der Waals surface area contributed by atoms with E-state index in [2.05, 4.69) is 15.4 Å². The molecule has 4 rings (SSSR count). The number of fused-ring (bicyclic) bond motifs is 1. The molecule has 0 saturated heterocycles. The lowest BCUT2D eigenvalue weighted by Gasteiger charge is -2.11. The number of aromatic nitrogens is 4. The van der Waals surface area contributed by atoms with Crippen LogP contribution < -0.4 is 10.9 Å². The van der Waals surface area contributed by atoms with Gasteiger partial charge in [0.2, 0.25) is 0 Å². The maximum absolute atomic E-state index is 13.1. The molecule has 0 bridgehead atoms. The van der Waals surface area contributed by atoms with E-state index >= 15 is 0 Å². The molecule has 10 heteroatoms. The summed E-state index contributed by atoms with van der Waals surface area (Å²) in [6.07, 6.45) is -2.91. The third-order valence-corrected chi connectivity index (χ3v) is 4.94. The van der Waals surface area contributed by atoms with Crippen LogP contribution in [0.3, 0.4) is 0 Å². The van der Waals surface area contributed by atoms with Crippen LogP contribution in [-0.4, -0.2) is 31.6 Å². The number of hydrogen-bond donors (Lipinski definition) is 1. The number of aryl methyl sites for hydroxylation is 1. The fourth-order valence-corrected chi connectivity index (χ4v) is 3.47. The van der Waals surface area contributed by atoms with Gasteiger partial charge in [-0.2, -0.15) is 18.3 Å². The number of alkyl halides is 3. The normalized spacial score (nSPS) is 14.3. The summed E-state index contributed by atoms with van der Waals surface area (Å²) >= 11 is 0. The monoisotopic (exact) mass is 419 g/mol. The van der Waals surface area contributed by atoms with E-state index in [9.17, 15) is 22.8 Å². The van der Waals surface area contributed by atoms with E-state index in [1.807, 2.05) is 0 Å². The van der Waals surface area contributed by atoms with Gasteiger partial charge in [-0.05, 0) is 50.5 Å². The van der Waals surface area contributed by atoms with Crippen molar-refractivity contribution in [2.24, 2.45) is 0 Å². The minimum Gasteiger partial charge on any atom is -0.351 e. The van der Waals surface area contributed by atoms with Crippen molar-refractivity contribution >= 4 is 11.6 Å². The van der Waals surface area contributed by atoms with E-state index < -0.39 is 23.3 Å². The molecule has 0 aliphatic heterocycles. The Hall–Kier alpha value is -3.17. The molecule has 3 aromatic rings. The zero-order chi connectivity index (χ0) is 21.6. The van der Waals surface area contributed by atoms with Gasteiger partial charge in [-0.25, -0.2) is 4.98 Å². The number of carbonyl (C=O) groups excluding carboxylic acids is 1. The van der Waals surface area contributed by atoms with Crippen LogP contribution >= 0.6 is 0 Å². The molecule has 0 unspecified atom stereocenters.